The van der Waals surface area contributed by atoms with Gasteiger partial charge in [0.15, 0.2) is 5.72 Å². The summed E-state index contributed by atoms with van der Waals surface area (Å²) in [5.74, 6) is 1.47. The molecule has 1 spiro atoms. The summed E-state index contributed by atoms with van der Waals surface area (Å²) < 4.78 is 6.60. The Bertz CT molecular complexity index is 825. The minimum atomic E-state index is -0.808. The van der Waals surface area contributed by atoms with Gasteiger partial charge in [0.25, 0.3) is 0 Å². The van der Waals surface area contributed by atoms with Crippen LogP contribution in [0.5, 0.6) is 0 Å². The van der Waals surface area contributed by atoms with Crippen LogP contribution < -0.4 is 5.32 Å². The third kappa shape index (κ3) is 1.81. The van der Waals surface area contributed by atoms with Gasteiger partial charge >= 0.3 is 0 Å². The highest BCUT2D eigenvalue weighted by molar-refractivity contribution is 5.99. The molecular formula is C22H23NO2. The summed E-state index contributed by atoms with van der Waals surface area (Å²) in [5.41, 5.74) is 3.25. The van der Waals surface area contributed by atoms with Gasteiger partial charge in [0, 0.05) is 12.3 Å². The highest BCUT2D eigenvalue weighted by Crippen LogP contribution is 2.55. The number of fused-ring (bicyclic) bond motifs is 4. The fraction of sp³-hybridized carbons (Fsp3) is 0.500. The molecule has 1 saturated carbocycles. The van der Waals surface area contributed by atoms with E-state index in [9.17, 15) is 4.79 Å². The molecular weight excluding hydrogens is 310 g/mol. The maximum absolute atomic E-state index is 13.2. The van der Waals surface area contributed by atoms with Crippen LogP contribution in [-0.2, 0) is 16.0 Å². The van der Waals surface area contributed by atoms with E-state index in [1.807, 2.05) is 6.08 Å². The first-order valence-corrected chi connectivity index (χ1v) is 9.71. The monoisotopic (exact) mass is 333 g/mol. The van der Waals surface area contributed by atoms with E-state index in [1.54, 1.807) is 0 Å². The molecule has 0 bridgehead atoms. The molecule has 1 heterocycles. The zero-order chi connectivity index (χ0) is 16.6. The number of benzene rings is 1. The fourth-order valence-electron chi connectivity index (χ4n) is 6.19. The largest absolute Gasteiger partial charge is 0.347 e. The molecule has 0 unspecified atom stereocenters. The van der Waals surface area contributed by atoms with Gasteiger partial charge in [-0.25, -0.2) is 0 Å². The molecule has 1 N–H and O–H groups in total. The smallest absolute Gasteiger partial charge is 0.202 e. The molecule has 128 valence electrons. The van der Waals surface area contributed by atoms with Crippen LogP contribution in [0.4, 0.5) is 0 Å². The summed E-state index contributed by atoms with van der Waals surface area (Å²) in [5, 5.41) is 3.71. The van der Waals surface area contributed by atoms with Gasteiger partial charge in [-0.15, -0.1) is 0 Å². The van der Waals surface area contributed by atoms with Crippen LogP contribution in [0.1, 0.15) is 42.9 Å². The van der Waals surface area contributed by atoms with E-state index in [2.05, 4.69) is 41.7 Å². The number of ether oxygens (including phenoxy) is 1. The molecule has 1 saturated heterocycles. The summed E-state index contributed by atoms with van der Waals surface area (Å²) in [6.45, 7) is 0. The second-order valence-electron chi connectivity index (χ2n) is 8.35. The first-order chi connectivity index (χ1) is 12.3. The van der Waals surface area contributed by atoms with Crippen LogP contribution in [0.2, 0.25) is 0 Å². The van der Waals surface area contributed by atoms with E-state index >= 15 is 0 Å². The molecule has 0 aromatic heterocycles. The normalized spacial score (nSPS) is 43.6. The molecule has 0 amide bonds. The SMILES string of the molecule is O=C1C=C2CCC[C@@H]3C=CC[C@@H]([C@H]23)[C@]12N[C@@H]1c3ccccc3C[C@@H]1O2. The van der Waals surface area contributed by atoms with Crippen LogP contribution >= 0.6 is 0 Å². The van der Waals surface area contributed by atoms with Crippen molar-refractivity contribution in [3.63, 3.8) is 0 Å². The van der Waals surface area contributed by atoms with Gasteiger partial charge in [-0.1, -0.05) is 42.0 Å². The highest BCUT2D eigenvalue weighted by Gasteiger charge is 2.61. The molecule has 5 aliphatic rings. The number of hydrogen-bond donors (Lipinski definition) is 1. The first kappa shape index (κ1) is 14.5. The topological polar surface area (TPSA) is 38.3 Å². The van der Waals surface area contributed by atoms with Crippen molar-refractivity contribution >= 4 is 5.78 Å². The first-order valence-electron chi connectivity index (χ1n) is 9.71. The number of rotatable bonds is 0. The number of carbonyl (C=O) groups is 1. The predicted molar refractivity (Wildman–Crippen MR) is 94.8 cm³/mol. The van der Waals surface area contributed by atoms with Gasteiger partial charge in [0.1, 0.15) is 0 Å². The van der Waals surface area contributed by atoms with Crippen molar-refractivity contribution in [2.75, 3.05) is 0 Å². The summed E-state index contributed by atoms with van der Waals surface area (Å²) >= 11 is 0. The van der Waals surface area contributed by atoms with Gasteiger partial charge in [-0.05, 0) is 54.7 Å². The molecule has 3 nitrogen and oxygen atoms in total. The summed E-state index contributed by atoms with van der Waals surface area (Å²) in [6, 6.07) is 8.72. The van der Waals surface area contributed by atoms with Crippen molar-refractivity contribution < 1.29 is 9.53 Å². The number of carbonyl (C=O) groups excluding carboxylic acids is 1. The van der Waals surface area contributed by atoms with E-state index in [1.165, 1.54) is 29.5 Å². The Morgan fingerprint density at radius 2 is 2.16 bits per heavy atom. The van der Waals surface area contributed by atoms with E-state index < -0.39 is 5.72 Å². The van der Waals surface area contributed by atoms with E-state index in [-0.39, 0.29) is 23.8 Å². The molecule has 1 aromatic rings. The zero-order valence-corrected chi connectivity index (χ0v) is 14.3. The Morgan fingerprint density at radius 1 is 1.24 bits per heavy atom. The fourth-order valence-corrected chi connectivity index (χ4v) is 6.19. The minimum Gasteiger partial charge on any atom is -0.347 e. The lowest BCUT2D eigenvalue weighted by atomic mass is 9.59. The van der Waals surface area contributed by atoms with Crippen LogP contribution in [0.15, 0.2) is 48.1 Å². The third-order valence-corrected chi connectivity index (χ3v) is 7.19. The lowest BCUT2D eigenvalue weighted by molar-refractivity contribution is -0.157. The van der Waals surface area contributed by atoms with Gasteiger partial charge in [-0.3, -0.25) is 10.1 Å². The molecule has 6 rings (SSSR count). The molecule has 1 aromatic carbocycles. The van der Waals surface area contributed by atoms with Gasteiger partial charge in [-0.2, -0.15) is 0 Å². The summed E-state index contributed by atoms with van der Waals surface area (Å²) in [7, 11) is 0. The Labute approximate surface area is 148 Å². The van der Waals surface area contributed by atoms with Gasteiger partial charge in [0.2, 0.25) is 5.78 Å². The van der Waals surface area contributed by atoms with Crippen LogP contribution in [0.25, 0.3) is 0 Å². The number of nitrogens with one attached hydrogen (secondary N) is 1. The second kappa shape index (κ2) is 4.93. The molecule has 3 heteroatoms. The Morgan fingerprint density at radius 3 is 3.12 bits per heavy atom. The van der Waals surface area contributed by atoms with E-state index in [0.29, 0.717) is 11.8 Å². The van der Waals surface area contributed by atoms with Crippen LogP contribution in [0, 0.1) is 17.8 Å². The van der Waals surface area contributed by atoms with Crippen LogP contribution in [0.3, 0.4) is 0 Å². The Balaban J connectivity index is 1.44. The lowest BCUT2D eigenvalue weighted by Gasteiger charge is -2.49. The van der Waals surface area contributed by atoms with Gasteiger partial charge < -0.3 is 4.74 Å². The third-order valence-electron chi connectivity index (χ3n) is 7.19. The molecule has 6 atom stereocenters. The molecule has 4 aliphatic carbocycles. The maximum atomic E-state index is 13.2. The Hall–Kier alpha value is -1.71. The van der Waals surface area contributed by atoms with Crippen molar-refractivity contribution in [2.24, 2.45) is 17.8 Å². The van der Waals surface area contributed by atoms with Crippen molar-refractivity contribution in [3.8, 4) is 0 Å². The van der Waals surface area contributed by atoms with Crippen molar-refractivity contribution in [3.05, 3.63) is 59.2 Å². The Kier molecular flexibility index (Phi) is 2.85. The van der Waals surface area contributed by atoms with Crippen LogP contribution in [-0.4, -0.2) is 17.6 Å². The highest BCUT2D eigenvalue weighted by atomic mass is 16.5. The predicted octanol–water partition coefficient (Wildman–Crippen LogP) is 3.47. The average Bonchev–Trinajstić information content (AvgIpc) is 3.16. The molecule has 25 heavy (non-hydrogen) atoms. The maximum Gasteiger partial charge on any atom is 0.202 e. The summed E-state index contributed by atoms with van der Waals surface area (Å²) in [4.78, 5) is 13.2. The number of hydrogen-bond acceptors (Lipinski definition) is 3. The summed E-state index contributed by atoms with van der Waals surface area (Å²) in [6.07, 6.45) is 12.1. The number of ketones is 1. The molecule has 2 fully saturated rings. The average molecular weight is 333 g/mol. The molecule has 0 radical (unpaired) electrons. The van der Waals surface area contributed by atoms with Crippen molar-refractivity contribution in [1.82, 2.24) is 5.32 Å². The van der Waals surface area contributed by atoms with Crippen molar-refractivity contribution in [2.45, 2.75) is 50.0 Å². The lowest BCUT2D eigenvalue weighted by Crippen LogP contribution is -2.61. The second-order valence-corrected chi connectivity index (χ2v) is 8.35. The quantitative estimate of drug-likeness (QED) is 0.739. The van der Waals surface area contributed by atoms with E-state index in [0.717, 1.165) is 19.3 Å². The van der Waals surface area contributed by atoms with E-state index in [4.69, 9.17) is 4.74 Å². The number of allylic oxidation sites excluding steroid dienone is 3. The zero-order valence-electron chi connectivity index (χ0n) is 14.3. The van der Waals surface area contributed by atoms with Crippen molar-refractivity contribution in [1.29, 1.82) is 0 Å². The molecule has 1 aliphatic heterocycles. The minimum absolute atomic E-state index is 0.0873. The standard InChI is InChI=1S/C22H23NO2/c24-19-12-15-8-3-6-13-7-4-10-17(20(13)15)22(19)23-21-16-9-2-1-5-14(16)11-18(21)25-22/h1-2,4-5,7,9,12-13,17-18,20-21,23H,3,6,8,10-11H2/t13-,17+,18+,20+,21-,22-/m1/s1. The van der Waals surface area contributed by atoms with Gasteiger partial charge in [0.05, 0.1) is 12.1 Å².